The molecule has 1 aliphatic rings. The number of carbonyl (C=O) groups excluding carboxylic acids is 2. The zero-order valence-electron chi connectivity index (χ0n) is 14.0. The SMILES string of the molecule is O=C(Nc1ccc(-n2cncn2)cn1)c1ccc(Cl)c(N2CCNC2=O)c1. The van der Waals surface area contributed by atoms with Gasteiger partial charge in [-0.1, -0.05) is 11.6 Å². The zero-order chi connectivity index (χ0) is 18.8. The number of hydrogen-bond acceptors (Lipinski definition) is 5. The molecule has 0 spiro atoms. The van der Waals surface area contributed by atoms with Gasteiger partial charge in [0.1, 0.15) is 18.5 Å². The zero-order valence-corrected chi connectivity index (χ0v) is 14.7. The molecule has 10 heteroatoms. The van der Waals surface area contributed by atoms with E-state index in [4.69, 9.17) is 11.6 Å². The van der Waals surface area contributed by atoms with Crippen molar-refractivity contribution in [2.24, 2.45) is 0 Å². The number of halogens is 1. The van der Waals surface area contributed by atoms with Gasteiger partial charge in [-0.3, -0.25) is 9.69 Å². The smallest absolute Gasteiger partial charge is 0.322 e. The number of pyridine rings is 1. The number of carbonyl (C=O) groups is 2. The van der Waals surface area contributed by atoms with Crippen LogP contribution in [0.5, 0.6) is 0 Å². The molecule has 2 N–H and O–H groups in total. The van der Waals surface area contributed by atoms with E-state index in [9.17, 15) is 9.59 Å². The first-order valence-electron chi connectivity index (χ1n) is 8.09. The van der Waals surface area contributed by atoms with Crippen molar-refractivity contribution in [3.05, 3.63) is 59.8 Å². The summed E-state index contributed by atoms with van der Waals surface area (Å²) in [5.41, 5.74) is 1.59. The van der Waals surface area contributed by atoms with Crippen LogP contribution in [0.25, 0.3) is 5.69 Å². The lowest BCUT2D eigenvalue weighted by molar-refractivity contribution is 0.102. The molecule has 3 amide bonds. The van der Waals surface area contributed by atoms with Crippen molar-refractivity contribution in [2.75, 3.05) is 23.3 Å². The predicted molar refractivity (Wildman–Crippen MR) is 99.3 cm³/mol. The average Bonchev–Trinajstić information content (AvgIpc) is 3.35. The molecule has 3 aromatic rings. The van der Waals surface area contributed by atoms with Gasteiger partial charge in [-0.05, 0) is 30.3 Å². The highest BCUT2D eigenvalue weighted by Crippen LogP contribution is 2.28. The van der Waals surface area contributed by atoms with E-state index in [0.29, 0.717) is 35.2 Å². The summed E-state index contributed by atoms with van der Waals surface area (Å²) in [6.07, 6.45) is 4.56. The van der Waals surface area contributed by atoms with Gasteiger partial charge < -0.3 is 10.6 Å². The molecule has 0 bridgehead atoms. The second-order valence-corrected chi connectivity index (χ2v) is 6.15. The van der Waals surface area contributed by atoms with Crippen molar-refractivity contribution < 1.29 is 9.59 Å². The summed E-state index contributed by atoms with van der Waals surface area (Å²) in [5.74, 6) is 0.0350. The second kappa shape index (κ2) is 7.04. The first-order chi connectivity index (χ1) is 13.1. The van der Waals surface area contributed by atoms with Crippen LogP contribution in [-0.2, 0) is 0 Å². The van der Waals surface area contributed by atoms with Crippen LogP contribution in [0.1, 0.15) is 10.4 Å². The average molecular weight is 384 g/mol. The number of anilines is 2. The Morgan fingerprint density at radius 1 is 1.26 bits per heavy atom. The largest absolute Gasteiger partial charge is 0.336 e. The van der Waals surface area contributed by atoms with Crippen LogP contribution in [0.4, 0.5) is 16.3 Å². The second-order valence-electron chi connectivity index (χ2n) is 5.75. The van der Waals surface area contributed by atoms with Crippen molar-refractivity contribution in [1.29, 1.82) is 0 Å². The van der Waals surface area contributed by atoms with E-state index >= 15 is 0 Å². The van der Waals surface area contributed by atoms with Crippen molar-refractivity contribution in [3.63, 3.8) is 0 Å². The lowest BCUT2D eigenvalue weighted by Gasteiger charge is -2.17. The highest BCUT2D eigenvalue weighted by molar-refractivity contribution is 6.34. The fourth-order valence-electron chi connectivity index (χ4n) is 2.69. The molecular weight excluding hydrogens is 370 g/mol. The number of aromatic nitrogens is 4. The van der Waals surface area contributed by atoms with E-state index in [0.717, 1.165) is 5.69 Å². The number of amides is 3. The van der Waals surface area contributed by atoms with Crippen LogP contribution in [0.2, 0.25) is 5.02 Å². The first-order valence-corrected chi connectivity index (χ1v) is 8.47. The van der Waals surface area contributed by atoms with Gasteiger partial charge in [0, 0.05) is 18.7 Å². The Labute approximate surface area is 159 Å². The summed E-state index contributed by atoms with van der Waals surface area (Å²) >= 11 is 6.19. The fraction of sp³-hybridized carbons (Fsp3) is 0.118. The molecule has 1 fully saturated rings. The number of urea groups is 1. The third kappa shape index (κ3) is 3.44. The summed E-state index contributed by atoms with van der Waals surface area (Å²) < 4.78 is 1.56. The van der Waals surface area contributed by atoms with Crippen LogP contribution in [0.15, 0.2) is 49.2 Å². The lowest BCUT2D eigenvalue weighted by Crippen LogP contribution is -2.28. The molecule has 1 aliphatic heterocycles. The summed E-state index contributed by atoms with van der Waals surface area (Å²) in [4.78, 5) is 34.0. The van der Waals surface area contributed by atoms with Crippen molar-refractivity contribution >= 4 is 35.0 Å². The van der Waals surface area contributed by atoms with Gasteiger partial charge in [0.2, 0.25) is 0 Å². The minimum Gasteiger partial charge on any atom is -0.336 e. The van der Waals surface area contributed by atoms with Gasteiger partial charge in [0.25, 0.3) is 5.91 Å². The molecule has 2 aromatic heterocycles. The highest BCUT2D eigenvalue weighted by atomic mass is 35.5. The third-order valence-corrected chi connectivity index (χ3v) is 4.35. The quantitative estimate of drug-likeness (QED) is 0.717. The fourth-order valence-corrected chi connectivity index (χ4v) is 2.91. The van der Waals surface area contributed by atoms with E-state index in [2.05, 4.69) is 25.7 Å². The number of rotatable bonds is 4. The van der Waals surface area contributed by atoms with Crippen molar-refractivity contribution in [3.8, 4) is 5.69 Å². The Kier molecular flexibility index (Phi) is 4.43. The van der Waals surface area contributed by atoms with E-state index in [-0.39, 0.29) is 11.9 Å². The maximum Gasteiger partial charge on any atom is 0.322 e. The van der Waals surface area contributed by atoms with Gasteiger partial charge >= 0.3 is 6.03 Å². The maximum atomic E-state index is 12.5. The van der Waals surface area contributed by atoms with Crippen LogP contribution in [-0.4, -0.2) is 44.8 Å². The van der Waals surface area contributed by atoms with E-state index in [1.165, 1.54) is 11.2 Å². The maximum absolute atomic E-state index is 12.5. The van der Waals surface area contributed by atoms with E-state index in [1.807, 2.05) is 0 Å². The minimum atomic E-state index is -0.353. The number of hydrogen-bond donors (Lipinski definition) is 2. The van der Waals surface area contributed by atoms with Gasteiger partial charge in [-0.2, -0.15) is 5.10 Å². The Balaban J connectivity index is 1.52. The highest BCUT2D eigenvalue weighted by Gasteiger charge is 2.24. The summed E-state index contributed by atoms with van der Waals surface area (Å²) in [7, 11) is 0. The monoisotopic (exact) mass is 383 g/mol. The molecule has 0 unspecified atom stereocenters. The standard InChI is InChI=1S/C17H14ClN7O2/c18-13-3-1-11(7-14(13)24-6-5-20-17(24)27)16(26)23-15-4-2-12(8-21-15)25-10-19-9-22-25/h1-4,7-10H,5-6H2,(H,20,27)(H,21,23,26). The molecule has 27 heavy (non-hydrogen) atoms. The third-order valence-electron chi connectivity index (χ3n) is 4.03. The lowest BCUT2D eigenvalue weighted by atomic mass is 10.1. The van der Waals surface area contributed by atoms with Gasteiger partial charge in [0.05, 0.1) is 22.6 Å². The molecule has 0 atom stereocenters. The number of nitrogens with one attached hydrogen (secondary N) is 2. The molecule has 9 nitrogen and oxygen atoms in total. The molecule has 0 saturated carbocycles. The molecule has 136 valence electrons. The Bertz CT molecular complexity index is 989. The first kappa shape index (κ1) is 17.0. The normalized spacial score (nSPS) is 13.5. The number of nitrogens with zero attached hydrogens (tertiary/aromatic N) is 5. The van der Waals surface area contributed by atoms with E-state index in [1.54, 1.807) is 47.5 Å². The van der Waals surface area contributed by atoms with Gasteiger partial charge in [-0.25, -0.2) is 19.4 Å². The van der Waals surface area contributed by atoms with Crippen molar-refractivity contribution in [2.45, 2.75) is 0 Å². The van der Waals surface area contributed by atoms with E-state index < -0.39 is 0 Å². The van der Waals surface area contributed by atoms with Crippen LogP contribution < -0.4 is 15.5 Å². The van der Waals surface area contributed by atoms with Crippen LogP contribution in [0, 0.1) is 0 Å². The summed E-state index contributed by atoms with van der Waals surface area (Å²) in [5, 5.41) is 9.85. The molecule has 1 aromatic carbocycles. The van der Waals surface area contributed by atoms with Crippen LogP contribution >= 0.6 is 11.6 Å². The summed E-state index contributed by atoms with van der Waals surface area (Å²) in [6.45, 7) is 1.03. The molecule has 0 radical (unpaired) electrons. The van der Waals surface area contributed by atoms with Gasteiger partial charge in [0.15, 0.2) is 0 Å². The predicted octanol–water partition coefficient (Wildman–Crippen LogP) is 2.10. The summed E-state index contributed by atoms with van der Waals surface area (Å²) in [6, 6.07) is 7.97. The Hall–Kier alpha value is -3.46. The van der Waals surface area contributed by atoms with Crippen molar-refractivity contribution in [1.82, 2.24) is 25.1 Å². The minimum absolute atomic E-state index is 0.236. The molecule has 1 saturated heterocycles. The topological polar surface area (TPSA) is 105 Å². The molecule has 3 heterocycles. The molecular formula is C17H14ClN7O2. The molecule has 0 aliphatic carbocycles. The Morgan fingerprint density at radius 2 is 2.15 bits per heavy atom. The van der Waals surface area contributed by atoms with Gasteiger partial charge in [-0.15, -0.1) is 0 Å². The van der Waals surface area contributed by atoms with Crippen LogP contribution in [0.3, 0.4) is 0 Å². The number of benzene rings is 1. The molecule has 4 rings (SSSR count). The Morgan fingerprint density at radius 3 is 2.81 bits per heavy atom.